The molecule has 1 aliphatic carbocycles. The van der Waals surface area contributed by atoms with Crippen molar-refractivity contribution < 1.29 is 20.4 Å². The number of hydrogen-bond donors (Lipinski definition) is 4. The van der Waals surface area contributed by atoms with E-state index in [0.717, 1.165) is 73.2 Å². The number of benzene rings is 4. The summed E-state index contributed by atoms with van der Waals surface area (Å²) in [6, 6.07) is 17.2. The molecule has 4 aromatic rings. The average Bonchev–Trinajstić information content (AvgIpc) is 3.06. The SMILES string of the molecule is Cc1cc(C(C)(c2cc(C)c(O)c(C)c2)C(c2cc(C)c(O)c(C)c2)(c2cc(C)c(O)c(C)c2)C2(C(C)C)C=CC=C(C(C)C)C2)cc(C)c1O. The lowest BCUT2D eigenvalue weighted by Crippen LogP contribution is -2.61. The topological polar surface area (TPSA) is 80.9 Å². The molecule has 0 saturated carbocycles. The molecule has 5 rings (SSSR count). The number of aromatic hydroxyl groups is 4. The maximum Gasteiger partial charge on any atom is 0.121 e. The Labute approximate surface area is 306 Å². The number of allylic oxidation sites excluding steroid dienone is 4. The molecule has 0 aliphatic heterocycles. The van der Waals surface area contributed by atoms with Gasteiger partial charge >= 0.3 is 0 Å². The molecule has 4 aromatic carbocycles. The van der Waals surface area contributed by atoms with Gasteiger partial charge in [-0.2, -0.15) is 0 Å². The van der Waals surface area contributed by atoms with Crippen LogP contribution in [0.25, 0.3) is 0 Å². The molecule has 0 aromatic heterocycles. The van der Waals surface area contributed by atoms with Crippen LogP contribution in [0, 0.1) is 72.6 Å². The van der Waals surface area contributed by atoms with Crippen LogP contribution in [0.2, 0.25) is 0 Å². The molecule has 1 aliphatic rings. The van der Waals surface area contributed by atoms with E-state index in [2.05, 4.69) is 101 Å². The van der Waals surface area contributed by atoms with Crippen molar-refractivity contribution in [1.82, 2.24) is 0 Å². The van der Waals surface area contributed by atoms with Crippen molar-refractivity contribution in [2.75, 3.05) is 0 Å². The van der Waals surface area contributed by atoms with Gasteiger partial charge in [-0.05, 0) is 140 Å². The van der Waals surface area contributed by atoms with Crippen LogP contribution in [0.3, 0.4) is 0 Å². The van der Waals surface area contributed by atoms with Gasteiger partial charge in [-0.15, -0.1) is 0 Å². The summed E-state index contributed by atoms with van der Waals surface area (Å²) in [5, 5.41) is 45.1. The van der Waals surface area contributed by atoms with Crippen LogP contribution in [-0.4, -0.2) is 20.4 Å². The summed E-state index contributed by atoms with van der Waals surface area (Å²) >= 11 is 0. The van der Waals surface area contributed by atoms with Gasteiger partial charge in [0.1, 0.15) is 23.0 Å². The molecule has 0 saturated heterocycles. The second-order valence-corrected chi connectivity index (χ2v) is 16.3. The quantitative estimate of drug-likeness (QED) is 0.149. The highest BCUT2D eigenvalue weighted by Gasteiger charge is 2.65. The normalized spacial score (nSPS) is 16.6. The van der Waals surface area contributed by atoms with Crippen LogP contribution >= 0.6 is 0 Å². The van der Waals surface area contributed by atoms with Gasteiger partial charge in [0.2, 0.25) is 0 Å². The molecule has 4 N–H and O–H groups in total. The third-order valence-electron chi connectivity index (χ3n) is 12.4. The first-order valence-electron chi connectivity index (χ1n) is 18.4. The van der Waals surface area contributed by atoms with Crippen LogP contribution in [0.15, 0.2) is 72.3 Å². The minimum absolute atomic E-state index is 0.0953. The minimum atomic E-state index is -0.906. The number of hydrogen-bond acceptors (Lipinski definition) is 4. The molecule has 0 fully saturated rings. The van der Waals surface area contributed by atoms with E-state index in [4.69, 9.17) is 0 Å². The molecule has 1 unspecified atom stereocenters. The zero-order valence-electron chi connectivity index (χ0n) is 33.0. The van der Waals surface area contributed by atoms with Crippen molar-refractivity contribution in [3.05, 3.63) is 139 Å². The third-order valence-corrected chi connectivity index (χ3v) is 12.4. The summed E-state index contributed by atoms with van der Waals surface area (Å²) in [6.07, 6.45) is 7.72. The molecule has 4 heteroatoms. The van der Waals surface area contributed by atoms with Gasteiger partial charge in [0.05, 0.1) is 0 Å². The first-order chi connectivity index (χ1) is 23.7. The maximum atomic E-state index is 11.3. The Balaban J connectivity index is 2.23. The Bertz CT molecular complexity index is 1870. The molecule has 0 radical (unpaired) electrons. The summed E-state index contributed by atoms with van der Waals surface area (Å²) in [5.74, 6) is 1.51. The zero-order chi connectivity index (χ0) is 38.0. The second kappa shape index (κ2) is 13.3. The fourth-order valence-corrected chi connectivity index (χ4v) is 9.46. The Hall–Kier alpha value is -4.44. The van der Waals surface area contributed by atoms with Gasteiger partial charge in [-0.25, -0.2) is 0 Å². The summed E-state index contributed by atoms with van der Waals surface area (Å²) in [5.41, 5.74) is 9.47. The summed E-state index contributed by atoms with van der Waals surface area (Å²) in [7, 11) is 0. The highest BCUT2D eigenvalue weighted by Crippen LogP contribution is 2.68. The molecular weight excluding hydrogens is 629 g/mol. The highest BCUT2D eigenvalue weighted by atomic mass is 16.3. The fourth-order valence-electron chi connectivity index (χ4n) is 9.46. The second-order valence-electron chi connectivity index (χ2n) is 16.3. The molecule has 0 spiro atoms. The summed E-state index contributed by atoms with van der Waals surface area (Å²) in [4.78, 5) is 0. The lowest BCUT2D eigenvalue weighted by Gasteiger charge is -2.63. The van der Waals surface area contributed by atoms with Crippen molar-refractivity contribution >= 4 is 0 Å². The predicted molar refractivity (Wildman–Crippen MR) is 212 cm³/mol. The first kappa shape index (κ1) is 37.8. The van der Waals surface area contributed by atoms with E-state index < -0.39 is 16.2 Å². The van der Waals surface area contributed by atoms with Crippen LogP contribution in [0.4, 0.5) is 0 Å². The first-order valence-corrected chi connectivity index (χ1v) is 18.4. The van der Waals surface area contributed by atoms with E-state index in [1.807, 2.05) is 55.4 Å². The number of aryl methyl sites for hydroxylation is 8. The third kappa shape index (κ3) is 5.66. The smallest absolute Gasteiger partial charge is 0.121 e. The van der Waals surface area contributed by atoms with Gasteiger partial charge in [0.15, 0.2) is 0 Å². The van der Waals surface area contributed by atoms with Gasteiger partial charge in [-0.3, -0.25) is 0 Å². The minimum Gasteiger partial charge on any atom is -0.507 e. The van der Waals surface area contributed by atoms with E-state index in [1.165, 1.54) is 5.57 Å². The molecular formula is C47H58O4. The van der Waals surface area contributed by atoms with E-state index in [-0.39, 0.29) is 28.9 Å². The number of phenolic OH excluding ortho intramolecular Hbond substituents is 4. The molecule has 4 nitrogen and oxygen atoms in total. The molecule has 0 bridgehead atoms. The lowest BCUT2D eigenvalue weighted by molar-refractivity contribution is 0.0825. The highest BCUT2D eigenvalue weighted by molar-refractivity contribution is 5.65. The lowest BCUT2D eigenvalue weighted by atomic mass is 9.39. The Kier molecular flexibility index (Phi) is 9.84. The van der Waals surface area contributed by atoms with Crippen LogP contribution in [0.1, 0.15) is 108 Å². The number of phenols is 4. The Morgan fingerprint density at radius 3 is 1.08 bits per heavy atom. The van der Waals surface area contributed by atoms with E-state index in [9.17, 15) is 20.4 Å². The van der Waals surface area contributed by atoms with Crippen molar-refractivity contribution in [1.29, 1.82) is 0 Å². The number of rotatable bonds is 8. The van der Waals surface area contributed by atoms with Gasteiger partial charge in [0.25, 0.3) is 0 Å². The van der Waals surface area contributed by atoms with Crippen LogP contribution in [0.5, 0.6) is 23.0 Å². The van der Waals surface area contributed by atoms with Crippen molar-refractivity contribution in [3.8, 4) is 23.0 Å². The summed E-state index contributed by atoms with van der Waals surface area (Å²) in [6.45, 7) is 27.3. The van der Waals surface area contributed by atoms with Crippen molar-refractivity contribution in [3.63, 3.8) is 0 Å². The van der Waals surface area contributed by atoms with Crippen molar-refractivity contribution in [2.45, 2.75) is 107 Å². The standard InChI is InChI=1S/C47H58O4/c1-26(2)36-15-14-16-46(25-36,27(3)4)47(39-21-32(9)43(50)33(10)22-39,40-23-34(11)44(51)35(12)24-40)45(13,37-17-28(5)41(48)29(6)18-37)38-19-30(7)42(49)31(8)20-38/h14-24,26-27,48-51H,25H2,1-13H3. The molecule has 51 heavy (non-hydrogen) atoms. The van der Waals surface area contributed by atoms with Crippen LogP contribution < -0.4 is 0 Å². The van der Waals surface area contributed by atoms with Gasteiger partial charge in [-0.1, -0.05) is 107 Å². The average molecular weight is 687 g/mol. The van der Waals surface area contributed by atoms with Crippen LogP contribution in [-0.2, 0) is 10.8 Å². The van der Waals surface area contributed by atoms with E-state index in [1.54, 1.807) is 0 Å². The molecule has 0 amide bonds. The zero-order valence-corrected chi connectivity index (χ0v) is 33.0. The van der Waals surface area contributed by atoms with Crippen molar-refractivity contribution in [2.24, 2.45) is 17.3 Å². The molecule has 0 heterocycles. The predicted octanol–water partition coefficient (Wildman–Crippen LogP) is 11.5. The van der Waals surface area contributed by atoms with Gasteiger partial charge < -0.3 is 20.4 Å². The Morgan fingerprint density at radius 1 is 0.510 bits per heavy atom. The monoisotopic (exact) mass is 686 g/mol. The maximum absolute atomic E-state index is 11.3. The summed E-state index contributed by atoms with van der Waals surface area (Å²) < 4.78 is 0. The largest absolute Gasteiger partial charge is 0.507 e. The Morgan fingerprint density at radius 2 is 0.804 bits per heavy atom. The molecule has 270 valence electrons. The van der Waals surface area contributed by atoms with E-state index in [0.29, 0.717) is 5.92 Å². The van der Waals surface area contributed by atoms with E-state index >= 15 is 0 Å². The fraction of sp³-hybridized carbons (Fsp3) is 0.404. The molecule has 1 atom stereocenters. The van der Waals surface area contributed by atoms with Gasteiger partial charge in [0, 0.05) is 16.2 Å².